The third kappa shape index (κ3) is 6.41. The van der Waals surface area contributed by atoms with E-state index in [0.717, 1.165) is 36.9 Å². The van der Waals surface area contributed by atoms with E-state index in [0.29, 0.717) is 6.61 Å². The number of aryl methyl sites for hydroxylation is 1. The van der Waals surface area contributed by atoms with Gasteiger partial charge in [-0.3, -0.25) is 0 Å². The van der Waals surface area contributed by atoms with Crippen molar-refractivity contribution in [1.82, 2.24) is 0 Å². The molecule has 0 aliphatic heterocycles. The molecule has 0 aromatic heterocycles. The molecule has 0 aliphatic carbocycles. The molecule has 0 saturated carbocycles. The van der Waals surface area contributed by atoms with Crippen LogP contribution in [-0.2, 0) is 12.6 Å². The normalized spacial score (nSPS) is 11.6. The molecular weight excluding hydrogens is 495 g/mol. The average molecular weight is 533 g/mol. The van der Waals surface area contributed by atoms with Gasteiger partial charge in [-0.2, -0.15) is 0 Å². The van der Waals surface area contributed by atoms with Crippen molar-refractivity contribution in [3.8, 4) is 11.5 Å². The Kier molecular flexibility index (Phi) is 9.09. The molecule has 0 amide bonds. The van der Waals surface area contributed by atoms with E-state index in [-0.39, 0.29) is 0 Å². The van der Waals surface area contributed by atoms with Crippen molar-refractivity contribution in [3.63, 3.8) is 0 Å². The molecule has 0 saturated heterocycles. The Morgan fingerprint density at radius 1 is 0.564 bits per heavy atom. The van der Waals surface area contributed by atoms with Gasteiger partial charge in [0.15, 0.2) is 0 Å². The Labute approximate surface area is 233 Å². The predicted molar refractivity (Wildman–Crippen MR) is 168 cm³/mol. The molecule has 39 heavy (non-hydrogen) atoms. The van der Waals surface area contributed by atoms with E-state index in [1.807, 2.05) is 0 Å². The van der Waals surface area contributed by atoms with Crippen LogP contribution in [0.25, 0.3) is 0 Å². The summed E-state index contributed by atoms with van der Waals surface area (Å²) in [5.74, 6) is 1.75. The molecule has 0 radical (unpaired) electrons. The second-order valence-electron chi connectivity index (χ2n) is 9.95. The number of hydrogen-bond acceptors (Lipinski definition) is 2. The van der Waals surface area contributed by atoms with E-state index in [2.05, 4.69) is 140 Å². The summed E-state index contributed by atoms with van der Waals surface area (Å²) in [5, 5.41) is 4.18. The van der Waals surface area contributed by atoms with Crippen LogP contribution >= 0.6 is 7.26 Å². The van der Waals surface area contributed by atoms with Crippen molar-refractivity contribution in [2.75, 3.05) is 13.7 Å². The number of ether oxygens (including phenoxy) is 2. The summed E-state index contributed by atoms with van der Waals surface area (Å²) in [6.45, 7) is 0.700. The zero-order chi connectivity index (χ0) is 26.8. The van der Waals surface area contributed by atoms with Crippen molar-refractivity contribution in [3.05, 3.63) is 151 Å². The fourth-order valence-electron chi connectivity index (χ4n) is 5.49. The van der Waals surface area contributed by atoms with Crippen molar-refractivity contribution >= 4 is 23.2 Å². The number of rotatable bonds is 12. The van der Waals surface area contributed by atoms with Crippen LogP contribution in [0.5, 0.6) is 11.5 Å². The Morgan fingerprint density at radius 3 is 1.59 bits per heavy atom. The molecule has 5 rings (SSSR count). The fraction of sp³-hybridized carbons (Fsp3) is 0.167. The van der Waals surface area contributed by atoms with E-state index >= 15 is 0 Å². The van der Waals surface area contributed by atoms with Gasteiger partial charge in [0.1, 0.15) is 0 Å². The van der Waals surface area contributed by atoms with E-state index in [9.17, 15) is 0 Å². The third-order valence-corrected chi connectivity index (χ3v) is 12.4. The molecule has 198 valence electrons. The monoisotopic (exact) mass is 532 g/mol. The van der Waals surface area contributed by atoms with E-state index in [1.165, 1.54) is 27.0 Å². The van der Waals surface area contributed by atoms with Gasteiger partial charge < -0.3 is 0 Å². The van der Waals surface area contributed by atoms with Crippen LogP contribution in [0.15, 0.2) is 140 Å². The van der Waals surface area contributed by atoms with Crippen molar-refractivity contribution in [2.24, 2.45) is 0 Å². The summed E-state index contributed by atoms with van der Waals surface area (Å²) in [6.07, 6.45) is 4.10. The molecule has 5 aromatic carbocycles. The average Bonchev–Trinajstić information content (AvgIpc) is 3.02. The van der Waals surface area contributed by atoms with Crippen LogP contribution in [0.1, 0.15) is 24.0 Å². The topological polar surface area (TPSA) is 18.5 Å². The van der Waals surface area contributed by atoms with Crippen LogP contribution in [0.2, 0.25) is 0 Å². The first-order valence-corrected chi connectivity index (χ1v) is 16.0. The Balaban J connectivity index is 1.41. The molecule has 5 aromatic rings. The van der Waals surface area contributed by atoms with Crippen LogP contribution in [0.4, 0.5) is 0 Å². The molecule has 0 heterocycles. The SMILES string of the molecule is COc1cc(OCCCCc2ccccc2)ccc1C[PH](c1ccccc1)(c1ccccc1)c1ccccc1. The van der Waals surface area contributed by atoms with Gasteiger partial charge in [-0.15, -0.1) is 0 Å². The molecule has 0 spiro atoms. The first kappa shape index (κ1) is 26.7. The minimum absolute atomic E-state index is 0.700. The maximum atomic E-state index is 6.16. The summed E-state index contributed by atoms with van der Waals surface area (Å²) in [7, 11) is -0.656. The third-order valence-electron chi connectivity index (χ3n) is 7.49. The summed E-state index contributed by atoms with van der Waals surface area (Å²) in [5.41, 5.74) is 2.59. The van der Waals surface area contributed by atoms with Gasteiger partial charge in [-0.05, 0) is 0 Å². The van der Waals surface area contributed by atoms with Crippen molar-refractivity contribution < 1.29 is 9.47 Å². The van der Waals surface area contributed by atoms with E-state index in [4.69, 9.17) is 9.47 Å². The van der Waals surface area contributed by atoms with Gasteiger partial charge in [0, 0.05) is 0 Å². The summed E-state index contributed by atoms with van der Waals surface area (Å²) < 4.78 is 12.1. The standard InChI is InChI=1S/C36H37O2P/c1-37-36-28-32(38-27-15-14-18-30-16-6-2-7-17-30)26-25-31(36)29-39(33-19-8-3-9-20-33,34-21-10-4-11-22-34)35-23-12-5-13-24-35/h2-13,16-17,19-26,28,39H,14-15,18,27,29H2,1H3. The quantitative estimate of drug-likeness (QED) is 0.124. The Hall–Kier alpha value is -3.87. The van der Waals surface area contributed by atoms with Crippen LogP contribution < -0.4 is 25.4 Å². The fourth-order valence-corrected chi connectivity index (χ4v) is 10.2. The van der Waals surface area contributed by atoms with Gasteiger partial charge in [-0.1, -0.05) is 18.2 Å². The number of unbranched alkanes of at least 4 members (excludes halogenated alkanes) is 1. The maximum absolute atomic E-state index is 6.16. The summed E-state index contributed by atoms with van der Waals surface area (Å²) in [4.78, 5) is 0. The molecule has 0 N–H and O–H groups in total. The first-order valence-electron chi connectivity index (χ1n) is 13.8. The zero-order valence-electron chi connectivity index (χ0n) is 22.6. The van der Waals surface area contributed by atoms with E-state index < -0.39 is 7.26 Å². The second kappa shape index (κ2) is 13.3. The number of benzene rings is 5. The molecule has 3 heteroatoms. The van der Waals surface area contributed by atoms with Crippen LogP contribution in [0.3, 0.4) is 0 Å². The Morgan fingerprint density at radius 2 is 1.08 bits per heavy atom. The molecule has 0 aliphatic rings. The molecule has 0 bridgehead atoms. The Bertz CT molecular complexity index is 1320. The van der Waals surface area contributed by atoms with Gasteiger partial charge in [-0.25, -0.2) is 0 Å². The van der Waals surface area contributed by atoms with Gasteiger partial charge in [0.25, 0.3) is 0 Å². The minimum atomic E-state index is -2.42. The molecule has 0 unspecified atom stereocenters. The van der Waals surface area contributed by atoms with Gasteiger partial charge in [0.2, 0.25) is 0 Å². The summed E-state index contributed by atoms with van der Waals surface area (Å²) in [6, 6.07) is 50.1. The number of hydrogen-bond donors (Lipinski definition) is 0. The molecule has 0 atom stereocenters. The molecular formula is C36H37O2P. The summed E-state index contributed by atoms with van der Waals surface area (Å²) >= 11 is 0. The van der Waals surface area contributed by atoms with E-state index in [1.54, 1.807) is 7.11 Å². The predicted octanol–water partition coefficient (Wildman–Crippen LogP) is 7.32. The number of methoxy groups -OCH3 is 1. The first-order chi connectivity index (χ1) is 19.3. The van der Waals surface area contributed by atoms with Crippen molar-refractivity contribution in [1.29, 1.82) is 0 Å². The van der Waals surface area contributed by atoms with Gasteiger partial charge in [0.05, 0.1) is 0 Å². The second-order valence-corrected chi connectivity index (χ2v) is 13.8. The zero-order valence-corrected chi connectivity index (χ0v) is 23.6. The van der Waals surface area contributed by atoms with Crippen molar-refractivity contribution in [2.45, 2.75) is 25.4 Å². The van der Waals surface area contributed by atoms with Crippen LogP contribution in [0, 0.1) is 0 Å². The van der Waals surface area contributed by atoms with Crippen LogP contribution in [-0.4, -0.2) is 13.7 Å². The van der Waals surface area contributed by atoms with Gasteiger partial charge >= 0.3 is 216 Å². The molecule has 0 fully saturated rings. The molecule has 2 nitrogen and oxygen atoms in total.